The Balaban J connectivity index is 1.83. The van der Waals surface area contributed by atoms with E-state index < -0.39 is 5.82 Å². The third kappa shape index (κ3) is 2.98. The van der Waals surface area contributed by atoms with E-state index in [1.54, 1.807) is 12.1 Å². The average molecular weight is 306 g/mol. The number of hydrogen-bond acceptors (Lipinski definition) is 2. The first-order valence-electron chi connectivity index (χ1n) is 7.14. The highest BCUT2D eigenvalue weighted by atomic mass is 35.5. The van der Waals surface area contributed by atoms with Gasteiger partial charge in [-0.15, -0.1) is 0 Å². The van der Waals surface area contributed by atoms with Crippen LogP contribution in [0.1, 0.15) is 30.5 Å². The van der Waals surface area contributed by atoms with Crippen molar-refractivity contribution < 1.29 is 9.13 Å². The molecule has 1 heterocycles. The lowest BCUT2D eigenvalue weighted by Gasteiger charge is -2.19. The van der Waals surface area contributed by atoms with Gasteiger partial charge < -0.3 is 10.1 Å². The van der Waals surface area contributed by atoms with E-state index in [1.807, 2.05) is 6.07 Å². The molecule has 0 amide bonds. The van der Waals surface area contributed by atoms with Crippen LogP contribution in [-0.4, -0.2) is 6.61 Å². The first kappa shape index (κ1) is 14.2. The summed E-state index contributed by atoms with van der Waals surface area (Å²) in [6.07, 6.45) is 1.86. The maximum atomic E-state index is 13.5. The largest absolute Gasteiger partial charge is 0.493 e. The van der Waals surface area contributed by atoms with E-state index in [0.717, 1.165) is 30.9 Å². The lowest BCUT2D eigenvalue weighted by molar-refractivity contribution is 0.357. The lowest BCUT2D eigenvalue weighted by atomic mass is 10.0. The summed E-state index contributed by atoms with van der Waals surface area (Å²) in [5.41, 5.74) is 3.17. The molecule has 0 aromatic heterocycles. The molecular weight excluding hydrogens is 289 g/mol. The number of fused-ring (bicyclic) bond motifs is 1. The smallest absolute Gasteiger partial charge is 0.143 e. The molecule has 110 valence electrons. The van der Waals surface area contributed by atoms with Gasteiger partial charge in [0.25, 0.3) is 0 Å². The second kappa shape index (κ2) is 5.94. The summed E-state index contributed by atoms with van der Waals surface area (Å²) in [7, 11) is 0. The topological polar surface area (TPSA) is 21.3 Å². The molecule has 1 N–H and O–H groups in total. The second-order valence-electron chi connectivity index (χ2n) is 5.20. The highest BCUT2D eigenvalue weighted by Gasteiger charge is 2.16. The standard InChI is InChI=1S/C17H17ClFNO/c1-2-16(20-13-4-5-14(18)15(19)10-13)11-3-6-17-12(9-11)7-8-21-17/h3-6,9-10,16,20H,2,7-8H2,1H3. The van der Waals surface area contributed by atoms with Gasteiger partial charge in [-0.1, -0.05) is 24.6 Å². The zero-order valence-corrected chi connectivity index (χ0v) is 12.6. The average Bonchev–Trinajstić information content (AvgIpc) is 2.95. The fourth-order valence-electron chi connectivity index (χ4n) is 2.63. The molecule has 1 atom stereocenters. The number of rotatable bonds is 4. The summed E-state index contributed by atoms with van der Waals surface area (Å²) in [6, 6.07) is 11.2. The Hall–Kier alpha value is -1.74. The Kier molecular flexibility index (Phi) is 4.02. The predicted molar refractivity (Wildman–Crippen MR) is 83.7 cm³/mol. The van der Waals surface area contributed by atoms with Crippen LogP contribution in [-0.2, 0) is 6.42 Å². The molecule has 0 bridgehead atoms. The van der Waals surface area contributed by atoms with E-state index in [-0.39, 0.29) is 11.1 Å². The first-order valence-corrected chi connectivity index (χ1v) is 7.52. The highest BCUT2D eigenvalue weighted by molar-refractivity contribution is 6.30. The van der Waals surface area contributed by atoms with Gasteiger partial charge in [-0.3, -0.25) is 0 Å². The van der Waals surface area contributed by atoms with E-state index in [9.17, 15) is 4.39 Å². The van der Waals surface area contributed by atoms with E-state index in [4.69, 9.17) is 16.3 Å². The molecule has 1 aliphatic rings. The van der Waals surface area contributed by atoms with Gasteiger partial charge in [0.1, 0.15) is 11.6 Å². The van der Waals surface area contributed by atoms with Crippen LogP contribution in [0.5, 0.6) is 5.75 Å². The van der Waals surface area contributed by atoms with Gasteiger partial charge in [-0.05, 0) is 47.9 Å². The first-order chi connectivity index (χ1) is 10.2. The zero-order valence-electron chi connectivity index (χ0n) is 11.8. The summed E-state index contributed by atoms with van der Waals surface area (Å²) in [5.74, 6) is 0.574. The van der Waals surface area contributed by atoms with Gasteiger partial charge in [0.05, 0.1) is 17.7 Å². The highest BCUT2D eigenvalue weighted by Crippen LogP contribution is 2.31. The van der Waals surface area contributed by atoms with Crippen molar-refractivity contribution in [1.29, 1.82) is 0 Å². The molecule has 0 fully saturated rings. The van der Waals surface area contributed by atoms with Crippen LogP contribution in [0.4, 0.5) is 10.1 Å². The van der Waals surface area contributed by atoms with Crippen molar-refractivity contribution in [2.75, 3.05) is 11.9 Å². The number of benzene rings is 2. The van der Waals surface area contributed by atoms with Gasteiger partial charge in [0.15, 0.2) is 0 Å². The van der Waals surface area contributed by atoms with E-state index in [0.29, 0.717) is 0 Å². The van der Waals surface area contributed by atoms with Gasteiger partial charge >= 0.3 is 0 Å². The normalized spacial score (nSPS) is 14.4. The van der Waals surface area contributed by atoms with Crippen molar-refractivity contribution in [3.8, 4) is 5.75 Å². The lowest BCUT2D eigenvalue weighted by Crippen LogP contribution is -2.10. The Labute approximate surface area is 128 Å². The Morgan fingerprint density at radius 3 is 2.90 bits per heavy atom. The molecule has 21 heavy (non-hydrogen) atoms. The zero-order chi connectivity index (χ0) is 14.8. The van der Waals surface area contributed by atoms with Crippen molar-refractivity contribution in [3.63, 3.8) is 0 Å². The minimum Gasteiger partial charge on any atom is -0.493 e. The number of halogens is 2. The Bertz CT molecular complexity index is 659. The molecule has 0 radical (unpaired) electrons. The maximum absolute atomic E-state index is 13.5. The van der Waals surface area contributed by atoms with Crippen molar-refractivity contribution in [1.82, 2.24) is 0 Å². The number of anilines is 1. The van der Waals surface area contributed by atoms with Crippen molar-refractivity contribution in [2.24, 2.45) is 0 Å². The van der Waals surface area contributed by atoms with Crippen LogP contribution in [0, 0.1) is 5.82 Å². The Morgan fingerprint density at radius 2 is 2.14 bits per heavy atom. The Morgan fingerprint density at radius 1 is 1.29 bits per heavy atom. The third-order valence-corrected chi connectivity index (χ3v) is 4.09. The van der Waals surface area contributed by atoms with E-state index >= 15 is 0 Å². The minimum atomic E-state index is -0.404. The molecule has 4 heteroatoms. The molecule has 0 spiro atoms. The summed E-state index contributed by atoms with van der Waals surface area (Å²) in [4.78, 5) is 0. The van der Waals surface area contributed by atoms with Crippen molar-refractivity contribution in [2.45, 2.75) is 25.8 Å². The van der Waals surface area contributed by atoms with E-state index in [2.05, 4.69) is 24.4 Å². The third-order valence-electron chi connectivity index (χ3n) is 3.78. The van der Waals surface area contributed by atoms with Gasteiger partial charge in [0.2, 0.25) is 0 Å². The predicted octanol–water partition coefficient (Wildman–Crippen LogP) is 4.98. The van der Waals surface area contributed by atoms with Crippen molar-refractivity contribution >= 4 is 17.3 Å². The SMILES string of the molecule is CCC(Nc1ccc(Cl)c(F)c1)c1ccc2c(c1)CCO2. The fraction of sp³-hybridized carbons (Fsp3) is 0.294. The number of nitrogens with one attached hydrogen (secondary N) is 1. The second-order valence-corrected chi connectivity index (χ2v) is 5.61. The molecule has 3 rings (SSSR count). The van der Waals surface area contributed by atoms with Crippen LogP contribution in [0.15, 0.2) is 36.4 Å². The molecule has 2 aromatic rings. The van der Waals surface area contributed by atoms with Crippen LogP contribution in [0.25, 0.3) is 0 Å². The number of ether oxygens (including phenoxy) is 1. The minimum absolute atomic E-state index is 0.136. The molecule has 2 nitrogen and oxygen atoms in total. The van der Waals surface area contributed by atoms with Crippen molar-refractivity contribution in [3.05, 3.63) is 58.4 Å². The van der Waals surface area contributed by atoms with Crippen LogP contribution < -0.4 is 10.1 Å². The van der Waals surface area contributed by atoms with Crippen LogP contribution >= 0.6 is 11.6 Å². The quantitative estimate of drug-likeness (QED) is 0.860. The molecule has 1 aliphatic heterocycles. The van der Waals surface area contributed by atoms with Gasteiger partial charge in [-0.25, -0.2) is 4.39 Å². The summed E-state index contributed by atoms with van der Waals surface area (Å²) < 4.78 is 19.1. The molecule has 0 saturated carbocycles. The summed E-state index contributed by atoms with van der Waals surface area (Å²) in [6.45, 7) is 2.86. The molecule has 0 saturated heterocycles. The van der Waals surface area contributed by atoms with Crippen LogP contribution in [0.3, 0.4) is 0 Å². The van der Waals surface area contributed by atoms with E-state index in [1.165, 1.54) is 17.2 Å². The molecular formula is C17H17ClFNO. The molecule has 0 aliphatic carbocycles. The van der Waals surface area contributed by atoms with Gasteiger partial charge in [0, 0.05) is 12.1 Å². The molecule has 2 aromatic carbocycles. The van der Waals surface area contributed by atoms with Crippen LogP contribution in [0.2, 0.25) is 5.02 Å². The summed E-state index contributed by atoms with van der Waals surface area (Å²) >= 11 is 5.72. The fourth-order valence-corrected chi connectivity index (χ4v) is 2.75. The number of hydrogen-bond donors (Lipinski definition) is 1. The monoisotopic (exact) mass is 305 g/mol. The molecule has 1 unspecified atom stereocenters. The maximum Gasteiger partial charge on any atom is 0.143 e. The summed E-state index contributed by atoms with van der Waals surface area (Å²) in [5, 5.41) is 3.51. The van der Waals surface area contributed by atoms with Gasteiger partial charge in [-0.2, -0.15) is 0 Å².